The monoisotopic (exact) mass is 220 g/mol. The van der Waals surface area contributed by atoms with Crippen molar-refractivity contribution >= 4 is 0 Å². The molecular formula is C4H8Dy. The summed E-state index contributed by atoms with van der Waals surface area (Å²) in [5.74, 6) is 0. The molecule has 0 amide bonds. The molecule has 0 saturated heterocycles. The van der Waals surface area contributed by atoms with Crippen LogP contribution in [0, 0.1) is 38.2 Å². The maximum absolute atomic E-state index is 3.00. The molecule has 0 aliphatic carbocycles. The van der Waals surface area contributed by atoms with Crippen molar-refractivity contribution in [2.45, 2.75) is 0 Å². The van der Waals surface area contributed by atoms with Crippen LogP contribution in [-0.2, 0) is 0 Å². The van der Waals surface area contributed by atoms with Crippen molar-refractivity contribution in [3.63, 3.8) is 0 Å². The van der Waals surface area contributed by atoms with Gasteiger partial charge in [0.25, 0.3) is 0 Å². The van der Waals surface area contributed by atoms with Crippen LogP contribution in [-0.4, -0.2) is 0 Å². The Labute approximate surface area is 64.0 Å². The van der Waals surface area contributed by atoms with E-state index in [1.165, 1.54) is 0 Å². The van der Waals surface area contributed by atoms with Gasteiger partial charge in [-0.05, 0) is 0 Å². The average Bonchev–Trinajstić information content (AvgIpc) is 1.50. The molecule has 0 aromatic rings. The maximum atomic E-state index is 3.00. The topological polar surface area (TPSA) is 0 Å². The van der Waals surface area contributed by atoms with E-state index in [0.717, 1.165) is 0 Å². The van der Waals surface area contributed by atoms with Crippen LogP contribution in [0.5, 0.6) is 0 Å². The molecule has 34 valence electrons. The molecule has 0 aliphatic rings. The molecule has 0 heterocycles. The van der Waals surface area contributed by atoms with Crippen LogP contribution >= 0.6 is 0 Å². The second kappa shape index (κ2) is 118. The fourth-order valence-electron chi connectivity index (χ4n) is 0. The Morgan fingerprint density at radius 3 is 0.600 bits per heavy atom. The zero-order valence-electron chi connectivity index (χ0n) is 3.14. The molecule has 0 N–H and O–H groups in total. The molecule has 0 spiro atoms. The summed E-state index contributed by atoms with van der Waals surface area (Å²) in [6.45, 7) is 12.0. The molecule has 0 aromatic carbocycles. The summed E-state index contributed by atoms with van der Waals surface area (Å²) in [5.41, 5.74) is 0. The van der Waals surface area contributed by atoms with Crippen LogP contribution in [0.2, 0.25) is 0 Å². The fraction of sp³-hybridized carbons (Fsp3) is 0. The molecule has 1 heteroatoms. The van der Waals surface area contributed by atoms with Gasteiger partial charge < -0.3 is 0 Å². The summed E-state index contributed by atoms with van der Waals surface area (Å²) in [5, 5.41) is 0. The third kappa shape index (κ3) is 63.6. The van der Waals surface area contributed by atoms with Crippen molar-refractivity contribution in [1.29, 1.82) is 0 Å². The molecular weight excluding hydrogens is 211 g/mol. The smallest absolute Gasteiger partial charge is 0 e. The minimum Gasteiger partial charge on any atom is -0.106 e. The van der Waals surface area contributed by atoms with E-state index in [1.54, 1.807) is 0 Å². The van der Waals surface area contributed by atoms with Crippen LogP contribution in [0.4, 0.5) is 0 Å². The molecule has 0 fully saturated rings. The molecule has 0 atom stereocenters. The van der Waals surface area contributed by atoms with Crippen molar-refractivity contribution in [3.05, 3.63) is 26.3 Å². The first kappa shape index (κ1) is 17.1. The van der Waals surface area contributed by atoms with Crippen LogP contribution in [0.1, 0.15) is 0 Å². The minimum atomic E-state index is 0. The Morgan fingerprint density at radius 1 is 0.600 bits per heavy atom. The van der Waals surface area contributed by atoms with Gasteiger partial charge in [-0.3, -0.25) is 0 Å². The SMILES string of the molecule is C=C.C=C.[Dy]. The number of hydrogen-bond donors (Lipinski definition) is 0. The van der Waals surface area contributed by atoms with Crippen molar-refractivity contribution in [2.75, 3.05) is 0 Å². The van der Waals surface area contributed by atoms with Gasteiger partial charge in [0.2, 0.25) is 0 Å². The third-order valence-electron chi connectivity index (χ3n) is 0. The van der Waals surface area contributed by atoms with E-state index < -0.39 is 0 Å². The van der Waals surface area contributed by atoms with E-state index in [0.29, 0.717) is 0 Å². The first-order valence-corrected chi connectivity index (χ1v) is 1.000. The molecule has 0 saturated carbocycles. The number of hydrogen-bond acceptors (Lipinski definition) is 0. The molecule has 0 nitrogen and oxygen atoms in total. The van der Waals surface area contributed by atoms with E-state index in [4.69, 9.17) is 0 Å². The zero-order valence-corrected chi connectivity index (χ0v) is 5.17. The first-order valence-electron chi connectivity index (χ1n) is 1.000. The maximum Gasteiger partial charge on any atom is 0 e. The van der Waals surface area contributed by atoms with Gasteiger partial charge in [-0.2, -0.15) is 0 Å². The Hall–Kier alpha value is 0.753. The van der Waals surface area contributed by atoms with Gasteiger partial charge in [0.15, 0.2) is 0 Å². The Balaban J connectivity index is -0.0000000133. The summed E-state index contributed by atoms with van der Waals surface area (Å²) in [6.07, 6.45) is 0. The molecule has 0 rings (SSSR count). The van der Waals surface area contributed by atoms with Gasteiger partial charge in [0, 0.05) is 38.2 Å². The molecule has 0 radical (unpaired) electrons. The normalized spacial score (nSPS) is 1.60. The van der Waals surface area contributed by atoms with Gasteiger partial charge in [-0.25, -0.2) is 0 Å². The van der Waals surface area contributed by atoms with Gasteiger partial charge in [-0.15, -0.1) is 26.3 Å². The van der Waals surface area contributed by atoms with E-state index in [2.05, 4.69) is 26.3 Å². The van der Waals surface area contributed by atoms with Crippen LogP contribution in [0.15, 0.2) is 26.3 Å². The van der Waals surface area contributed by atoms with Crippen molar-refractivity contribution < 1.29 is 38.2 Å². The Kier molecular flexibility index (Phi) is 405. The van der Waals surface area contributed by atoms with Crippen LogP contribution in [0.3, 0.4) is 0 Å². The van der Waals surface area contributed by atoms with E-state index in [9.17, 15) is 0 Å². The van der Waals surface area contributed by atoms with Gasteiger partial charge in [0.05, 0.1) is 0 Å². The summed E-state index contributed by atoms with van der Waals surface area (Å²) in [4.78, 5) is 0. The predicted octanol–water partition coefficient (Wildman–Crippen LogP) is 1.60. The Bertz CT molecular complexity index is 5.61. The molecule has 0 bridgehead atoms. The molecule has 0 aromatic heterocycles. The minimum absolute atomic E-state index is 0. The molecule has 5 heavy (non-hydrogen) atoms. The van der Waals surface area contributed by atoms with Crippen LogP contribution in [0.25, 0.3) is 0 Å². The van der Waals surface area contributed by atoms with E-state index in [1.807, 2.05) is 0 Å². The summed E-state index contributed by atoms with van der Waals surface area (Å²) >= 11 is 0. The quantitative estimate of drug-likeness (QED) is 0.542. The average molecular weight is 219 g/mol. The van der Waals surface area contributed by atoms with Gasteiger partial charge in [0.1, 0.15) is 0 Å². The van der Waals surface area contributed by atoms with E-state index >= 15 is 0 Å². The van der Waals surface area contributed by atoms with Crippen molar-refractivity contribution in [1.82, 2.24) is 0 Å². The predicted molar refractivity (Wildman–Crippen MR) is 22.5 cm³/mol. The van der Waals surface area contributed by atoms with Gasteiger partial charge >= 0.3 is 0 Å². The molecule has 0 unspecified atom stereocenters. The van der Waals surface area contributed by atoms with Gasteiger partial charge in [-0.1, -0.05) is 0 Å². The largest absolute Gasteiger partial charge is 0.106 e. The summed E-state index contributed by atoms with van der Waals surface area (Å²) < 4.78 is 0. The van der Waals surface area contributed by atoms with Crippen molar-refractivity contribution in [2.24, 2.45) is 0 Å². The number of rotatable bonds is 0. The Morgan fingerprint density at radius 2 is 0.600 bits per heavy atom. The first-order chi connectivity index (χ1) is 2.00. The summed E-state index contributed by atoms with van der Waals surface area (Å²) in [6, 6.07) is 0. The summed E-state index contributed by atoms with van der Waals surface area (Å²) in [7, 11) is 0. The second-order valence-corrected chi connectivity index (χ2v) is 0. The zero-order chi connectivity index (χ0) is 4.00. The fourth-order valence-corrected chi connectivity index (χ4v) is 0. The standard InChI is InChI=1S/2C2H4.Dy/c2*1-2;/h2*1-2H2;. The van der Waals surface area contributed by atoms with Crippen LogP contribution < -0.4 is 0 Å². The second-order valence-electron chi connectivity index (χ2n) is 0. The van der Waals surface area contributed by atoms with Crippen molar-refractivity contribution in [3.8, 4) is 0 Å². The molecule has 0 aliphatic heterocycles. The third-order valence-corrected chi connectivity index (χ3v) is 0. The van der Waals surface area contributed by atoms with E-state index in [-0.39, 0.29) is 38.2 Å².